The van der Waals surface area contributed by atoms with Crippen LogP contribution in [-0.2, 0) is 24.5 Å². The van der Waals surface area contributed by atoms with Gasteiger partial charge < -0.3 is 23.8 Å². The molecule has 3 amide bonds. The number of rotatable bonds is 9. The molecule has 9 heteroatoms. The average molecular weight is 497 g/mol. The smallest absolute Gasteiger partial charge is 0.240 e. The summed E-state index contributed by atoms with van der Waals surface area (Å²) in [6, 6.07) is 12.3. The number of amides is 3. The SMILES string of the molecule is COCCN1C(=O)C[C@@](CC(=O)N(C)[C@@H](C)c2ccc3c(c2)OCCO3)(c2cccc(OC)c2)C1=O. The van der Waals surface area contributed by atoms with Crippen LogP contribution in [0.1, 0.15) is 36.9 Å². The molecule has 4 rings (SSSR count). The number of hydrogen-bond donors (Lipinski definition) is 0. The summed E-state index contributed by atoms with van der Waals surface area (Å²) in [7, 11) is 4.75. The predicted octanol–water partition coefficient (Wildman–Crippen LogP) is 2.72. The van der Waals surface area contributed by atoms with Crippen molar-refractivity contribution in [3.05, 3.63) is 53.6 Å². The highest BCUT2D eigenvalue weighted by Gasteiger charge is 2.54. The van der Waals surface area contributed by atoms with E-state index in [9.17, 15) is 14.4 Å². The zero-order chi connectivity index (χ0) is 25.9. The first kappa shape index (κ1) is 25.5. The van der Waals surface area contributed by atoms with E-state index in [1.807, 2.05) is 25.1 Å². The summed E-state index contributed by atoms with van der Waals surface area (Å²) in [5.41, 5.74) is 0.131. The maximum absolute atomic E-state index is 13.7. The number of carbonyl (C=O) groups excluding carboxylic acids is 3. The second-order valence-electron chi connectivity index (χ2n) is 9.09. The highest BCUT2D eigenvalue weighted by atomic mass is 16.6. The number of benzene rings is 2. The van der Waals surface area contributed by atoms with Gasteiger partial charge in [0.1, 0.15) is 19.0 Å². The van der Waals surface area contributed by atoms with Crippen LogP contribution < -0.4 is 14.2 Å². The van der Waals surface area contributed by atoms with Crippen LogP contribution in [0.15, 0.2) is 42.5 Å². The molecule has 0 radical (unpaired) electrons. The Morgan fingerprint density at radius 3 is 2.58 bits per heavy atom. The topological polar surface area (TPSA) is 94.6 Å². The number of ether oxygens (including phenoxy) is 4. The Labute approximate surface area is 210 Å². The molecule has 2 atom stereocenters. The molecule has 9 nitrogen and oxygen atoms in total. The minimum Gasteiger partial charge on any atom is -0.497 e. The summed E-state index contributed by atoms with van der Waals surface area (Å²) >= 11 is 0. The van der Waals surface area contributed by atoms with Crippen molar-refractivity contribution in [2.45, 2.75) is 31.2 Å². The van der Waals surface area contributed by atoms with Crippen LogP contribution in [0.2, 0.25) is 0 Å². The lowest BCUT2D eigenvalue weighted by molar-refractivity contribution is -0.143. The molecule has 0 saturated carbocycles. The van der Waals surface area contributed by atoms with Crippen molar-refractivity contribution in [3.8, 4) is 17.2 Å². The molecule has 1 saturated heterocycles. The van der Waals surface area contributed by atoms with Gasteiger partial charge in [0, 0.05) is 27.0 Å². The van der Waals surface area contributed by atoms with Gasteiger partial charge in [-0.15, -0.1) is 0 Å². The maximum atomic E-state index is 13.7. The molecular formula is C27H32N2O7. The van der Waals surface area contributed by atoms with Gasteiger partial charge in [0.15, 0.2) is 11.5 Å². The standard InChI is InChI=1S/C27H32N2O7/c1-18(19-8-9-22-23(14-19)36-13-12-35-22)28(2)24(30)16-27(20-6-5-7-21(15-20)34-4)17-25(31)29(26(27)32)10-11-33-3/h5-9,14-15,18H,10-13,16-17H2,1-4H3/t18-,27-/m0/s1. The highest BCUT2D eigenvalue weighted by Crippen LogP contribution is 2.42. The third-order valence-electron chi connectivity index (χ3n) is 7.03. The Morgan fingerprint density at radius 1 is 1.11 bits per heavy atom. The van der Waals surface area contributed by atoms with Crippen molar-refractivity contribution >= 4 is 17.7 Å². The van der Waals surface area contributed by atoms with Crippen LogP contribution in [0.25, 0.3) is 0 Å². The van der Waals surface area contributed by atoms with Crippen molar-refractivity contribution in [2.24, 2.45) is 0 Å². The molecule has 192 valence electrons. The average Bonchev–Trinajstić information content (AvgIpc) is 3.15. The van der Waals surface area contributed by atoms with Crippen molar-refractivity contribution in [1.29, 1.82) is 0 Å². The van der Waals surface area contributed by atoms with E-state index in [0.717, 1.165) is 5.56 Å². The van der Waals surface area contributed by atoms with Gasteiger partial charge in [0.25, 0.3) is 0 Å². The van der Waals surface area contributed by atoms with Crippen molar-refractivity contribution in [3.63, 3.8) is 0 Å². The molecule has 2 aromatic rings. The fourth-order valence-electron chi connectivity index (χ4n) is 4.74. The van der Waals surface area contributed by atoms with Crippen molar-refractivity contribution in [1.82, 2.24) is 9.80 Å². The lowest BCUT2D eigenvalue weighted by Gasteiger charge is -2.32. The molecule has 0 aliphatic carbocycles. The Morgan fingerprint density at radius 2 is 1.86 bits per heavy atom. The predicted molar refractivity (Wildman–Crippen MR) is 131 cm³/mol. The third kappa shape index (κ3) is 4.75. The van der Waals surface area contributed by atoms with Gasteiger partial charge in [-0.1, -0.05) is 18.2 Å². The van der Waals surface area contributed by atoms with Crippen molar-refractivity contribution in [2.75, 3.05) is 47.6 Å². The molecule has 0 N–H and O–H groups in total. The van der Waals surface area contributed by atoms with Gasteiger partial charge in [-0.05, 0) is 42.3 Å². The lowest BCUT2D eigenvalue weighted by atomic mass is 9.75. The minimum atomic E-state index is -1.32. The Kier molecular flexibility index (Phi) is 7.49. The zero-order valence-corrected chi connectivity index (χ0v) is 21.1. The van der Waals surface area contributed by atoms with Crippen LogP contribution >= 0.6 is 0 Å². The highest BCUT2D eigenvalue weighted by molar-refractivity contribution is 6.10. The monoisotopic (exact) mass is 496 g/mol. The van der Waals surface area contributed by atoms with E-state index in [0.29, 0.717) is 36.0 Å². The van der Waals surface area contributed by atoms with Crippen LogP contribution in [0.5, 0.6) is 17.2 Å². The second kappa shape index (κ2) is 10.6. The largest absolute Gasteiger partial charge is 0.497 e. The quantitative estimate of drug-likeness (QED) is 0.493. The van der Waals surface area contributed by atoms with Gasteiger partial charge in [-0.2, -0.15) is 0 Å². The molecule has 2 aromatic carbocycles. The first-order valence-electron chi connectivity index (χ1n) is 11.9. The number of fused-ring (bicyclic) bond motifs is 1. The molecule has 2 heterocycles. The fourth-order valence-corrected chi connectivity index (χ4v) is 4.74. The molecule has 0 spiro atoms. The summed E-state index contributed by atoms with van der Waals surface area (Å²) in [4.78, 5) is 43.1. The van der Waals surface area contributed by atoms with Crippen LogP contribution in [0.4, 0.5) is 0 Å². The molecule has 0 unspecified atom stereocenters. The molecular weight excluding hydrogens is 464 g/mol. The normalized spacial score (nSPS) is 19.8. The zero-order valence-electron chi connectivity index (χ0n) is 21.1. The molecule has 0 bridgehead atoms. The van der Waals surface area contributed by atoms with E-state index in [4.69, 9.17) is 18.9 Å². The molecule has 2 aliphatic heterocycles. The summed E-state index contributed by atoms with van der Waals surface area (Å²) in [5, 5.41) is 0. The molecule has 1 fully saturated rings. The number of carbonyl (C=O) groups is 3. The van der Waals surface area contributed by atoms with E-state index in [-0.39, 0.29) is 43.8 Å². The number of nitrogens with zero attached hydrogens (tertiary/aromatic N) is 2. The summed E-state index contributed by atoms with van der Waals surface area (Å²) in [6.07, 6.45) is -0.250. The summed E-state index contributed by atoms with van der Waals surface area (Å²) in [6.45, 7) is 3.24. The van der Waals surface area contributed by atoms with Gasteiger partial charge >= 0.3 is 0 Å². The Balaban J connectivity index is 1.62. The number of imide groups is 1. The van der Waals surface area contributed by atoms with E-state index in [1.165, 1.54) is 19.1 Å². The number of methoxy groups -OCH3 is 2. The Bertz CT molecular complexity index is 1150. The van der Waals surface area contributed by atoms with Crippen LogP contribution in [0.3, 0.4) is 0 Å². The van der Waals surface area contributed by atoms with E-state index in [1.54, 1.807) is 36.2 Å². The van der Waals surface area contributed by atoms with E-state index >= 15 is 0 Å². The first-order chi connectivity index (χ1) is 17.3. The van der Waals surface area contributed by atoms with Crippen LogP contribution in [0, 0.1) is 0 Å². The third-order valence-corrected chi connectivity index (χ3v) is 7.03. The molecule has 0 aromatic heterocycles. The van der Waals surface area contributed by atoms with Crippen LogP contribution in [-0.4, -0.2) is 75.2 Å². The van der Waals surface area contributed by atoms with Gasteiger partial charge in [-0.25, -0.2) is 0 Å². The summed E-state index contributed by atoms with van der Waals surface area (Å²) < 4.78 is 21.7. The number of likely N-dealkylation sites (tertiary alicyclic amines) is 1. The van der Waals surface area contributed by atoms with Gasteiger partial charge in [0.05, 0.1) is 31.7 Å². The summed E-state index contributed by atoms with van der Waals surface area (Å²) in [5.74, 6) is 0.892. The molecule has 2 aliphatic rings. The van der Waals surface area contributed by atoms with Crippen molar-refractivity contribution < 1.29 is 33.3 Å². The minimum absolute atomic E-state index is 0.0965. The van der Waals surface area contributed by atoms with E-state index < -0.39 is 11.3 Å². The first-order valence-corrected chi connectivity index (χ1v) is 11.9. The Hall–Kier alpha value is -3.59. The lowest BCUT2D eigenvalue weighted by Crippen LogP contribution is -2.43. The fraction of sp³-hybridized carbons (Fsp3) is 0.444. The second-order valence-corrected chi connectivity index (χ2v) is 9.09. The van der Waals surface area contributed by atoms with E-state index in [2.05, 4.69) is 0 Å². The van der Waals surface area contributed by atoms with Gasteiger partial charge in [-0.3, -0.25) is 19.3 Å². The molecule has 36 heavy (non-hydrogen) atoms. The number of hydrogen-bond acceptors (Lipinski definition) is 7. The maximum Gasteiger partial charge on any atom is 0.240 e. The van der Waals surface area contributed by atoms with Gasteiger partial charge in [0.2, 0.25) is 17.7 Å².